The molecule has 26 heavy (non-hydrogen) atoms. The number of anilines is 1. The Bertz CT molecular complexity index is 862. The molecule has 0 saturated heterocycles. The molecule has 0 aliphatic rings. The number of hydrogen-bond donors (Lipinski definition) is 1. The third kappa shape index (κ3) is 4.68. The summed E-state index contributed by atoms with van der Waals surface area (Å²) < 4.78 is 5.90. The van der Waals surface area contributed by atoms with Crippen molar-refractivity contribution in [2.24, 2.45) is 0 Å². The van der Waals surface area contributed by atoms with Gasteiger partial charge >= 0.3 is 0 Å². The Hall–Kier alpha value is -2.70. The molecule has 0 bridgehead atoms. The van der Waals surface area contributed by atoms with Crippen LogP contribution in [0.1, 0.15) is 10.4 Å². The second-order valence-corrected chi connectivity index (χ2v) is 6.86. The fourth-order valence-corrected chi connectivity index (χ4v) is 3.06. The van der Waals surface area contributed by atoms with Gasteiger partial charge in [0.25, 0.3) is 5.91 Å². The fourth-order valence-electron chi connectivity index (χ4n) is 2.36. The number of para-hydroxylation sites is 1. The topological polar surface area (TPSA) is 54.5 Å². The van der Waals surface area contributed by atoms with Crippen LogP contribution >= 0.6 is 11.3 Å². The van der Waals surface area contributed by atoms with Crippen LogP contribution in [0.5, 0.6) is 5.75 Å². The maximum atomic E-state index is 12.3. The predicted octanol–water partition coefficient (Wildman–Crippen LogP) is 4.00. The molecule has 0 atom stereocenters. The molecule has 5 nitrogen and oxygen atoms in total. The summed E-state index contributed by atoms with van der Waals surface area (Å²) >= 11 is 1.40. The van der Waals surface area contributed by atoms with Gasteiger partial charge in [-0.25, -0.2) is 4.98 Å². The molecular weight excluding hydrogens is 346 g/mol. The van der Waals surface area contributed by atoms with Crippen molar-refractivity contribution in [3.8, 4) is 17.0 Å². The molecule has 0 saturated carbocycles. The van der Waals surface area contributed by atoms with E-state index in [9.17, 15) is 4.79 Å². The number of hydrogen-bond acceptors (Lipinski definition) is 5. The maximum Gasteiger partial charge on any atom is 0.257 e. The Morgan fingerprint density at radius 3 is 2.62 bits per heavy atom. The zero-order valence-electron chi connectivity index (χ0n) is 14.8. The molecule has 3 aromatic rings. The van der Waals surface area contributed by atoms with Crippen LogP contribution in [-0.4, -0.2) is 43.0 Å². The smallest absolute Gasteiger partial charge is 0.257 e. The van der Waals surface area contributed by atoms with Crippen molar-refractivity contribution < 1.29 is 9.53 Å². The Labute approximate surface area is 157 Å². The van der Waals surface area contributed by atoms with Crippen molar-refractivity contribution >= 4 is 22.4 Å². The molecule has 0 aliphatic carbocycles. The second kappa shape index (κ2) is 8.60. The number of carbonyl (C=O) groups is 1. The molecule has 1 heterocycles. The van der Waals surface area contributed by atoms with Crippen LogP contribution in [-0.2, 0) is 0 Å². The first-order valence-corrected chi connectivity index (χ1v) is 9.20. The van der Waals surface area contributed by atoms with E-state index in [0.29, 0.717) is 17.3 Å². The highest BCUT2D eigenvalue weighted by atomic mass is 32.1. The van der Waals surface area contributed by atoms with Gasteiger partial charge in [-0.1, -0.05) is 30.3 Å². The van der Waals surface area contributed by atoms with E-state index in [2.05, 4.69) is 15.2 Å². The number of nitrogens with one attached hydrogen (secondary N) is 1. The molecule has 0 fully saturated rings. The minimum atomic E-state index is -0.165. The van der Waals surface area contributed by atoms with Gasteiger partial charge in [0.05, 0.1) is 5.69 Å². The monoisotopic (exact) mass is 367 g/mol. The summed E-state index contributed by atoms with van der Waals surface area (Å²) in [6.07, 6.45) is 0. The van der Waals surface area contributed by atoms with Gasteiger partial charge in [-0.15, -0.1) is 11.3 Å². The first-order valence-electron chi connectivity index (χ1n) is 8.32. The number of likely N-dealkylation sites (N-methyl/N-ethyl adjacent to an activating group) is 1. The average molecular weight is 367 g/mol. The predicted molar refractivity (Wildman–Crippen MR) is 106 cm³/mol. The van der Waals surface area contributed by atoms with Crippen LogP contribution in [0.15, 0.2) is 60.0 Å². The van der Waals surface area contributed by atoms with E-state index in [1.54, 1.807) is 12.1 Å². The van der Waals surface area contributed by atoms with Crippen LogP contribution in [0.2, 0.25) is 0 Å². The highest BCUT2D eigenvalue weighted by Gasteiger charge is 2.12. The largest absolute Gasteiger partial charge is 0.492 e. The quantitative estimate of drug-likeness (QED) is 0.686. The molecule has 3 rings (SSSR count). The second-order valence-electron chi connectivity index (χ2n) is 6.01. The van der Waals surface area contributed by atoms with Gasteiger partial charge < -0.3 is 9.64 Å². The number of aromatic nitrogens is 1. The molecule has 2 aromatic carbocycles. The summed E-state index contributed by atoms with van der Waals surface area (Å²) in [5.41, 5.74) is 2.32. The van der Waals surface area contributed by atoms with E-state index in [1.165, 1.54) is 11.3 Å². The van der Waals surface area contributed by atoms with Crippen LogP contribution in [0.3, 0.4) is 0 Å². The lowest BCUT2D eigenvalue weighted by atomic mass is 10.1. The van der Waals surface area contributed by atoms with Crippen molar-refractivity contribution in [1.82, 2.24) is 9.88 Å². The van der Waals surface area contributed by atoms with Crippen LogP contribution < -0.4 is 10.1 Å². The third-order valence-electron chi connectivity index (χ3n) is 3.72. The summed E-state index contributed by atoms with van der Waals surface area (Å²) in [6, 6.07) is 16.9. The number of rotatable bonds is 7. The van der Waals surface area contributed by atoms with Gasteiger partial charge in [0, 0.05) is 23.1 Å². The van der Waals surface area contributed by atoms with E-state index in [1.807, 2.05) is 61.9 Å². The Balaban J connectivity index is 1.72. The first kappa shape index (κ1) is 18.1. The van der Waals surface area contributed by atoms with Crippen molar-refractivity contribution in [1.29, 1.82) is 0 Å². The Morgan fingerprint density at radius 2 is 1.85 bits per heavy atom. The normalized spacial score (nSPS) is 10.7. The lowest BCUT2D eigenvalue weighted by molar-refractivity contribution is 0.102. The Kier molecular flexibility index (Phi) is 5.99. The van der Waals surface area contributed by atoms with Gasteiger partial charge in [0.2, 0.25) is 0 Å². The summed E-state index contributed by atoms with van der Waals surface area (Å²) in [5.74, 6) is 0.627. The van der Waals surface area contributed by atoms with E-state index in [4.69, 9.17) is 4.74 Å². The highest BCUT2D eigenvalue weighted by Crippen LogP contribution is 2.32. The highest BCUT2D eigenvalue weighted by molar-refractivity contribution is 7.14. The SMILES string of the molecule is CN(C)CCOc1ccccc1-c1csc(NC(=O)c2ccccc2)n1. The molecule has 1 aromatic heterocycles. The number of amides is 1. The number of carbonyl (C=O) groups excluding carboxylic acids is 1. The first-order chi connectivity index (χ1) is 12.6. The number of ether oxygens (including phenoxy) is 1. The van der Waals surface area contributed by atoms with Gasteiger partial charge in [0.15, 0.2) is 5.13 Å². The number of benzene rings is 2. The average Bonchev–Trinajstić information content (AvgIpc) is 3.11. The minimum Gasteiger partial charge on any atom is -0.492 e. The van der Waals surface area contributed by atoms with Crippen LogP contribution in [0, 0.1) is 0 Å². The Morgan fingerprint density at radius 1 is 1.12 bits per heavy atom. The van der Waals surface area contributed by atoms with Crippen molar-refractivity contribution in [3.63, 3.8) is 0 Å². The fraction of sp³-hybridized carbons (Fsp3) is 0.200. The molecule has 0 spiro atoms. The summed E-state index contributed by atoms with van der Waals surface area (Å²) in [4.78, 5) is 18.9. The van der Waals surface area contributed by atoms with Gasteiger partial charge in [-0.05, 0) is 38.4 Å². The summed E-state index contributed by atoms with van der Waals surface area (Å²) in [5, 5.41) is 5.34. The minimum absolute atomic E-state index is 0.165. The molecule has 1 amide bonds. The molecule has 0 aliphatic heterocycles. The van der Waals surface area contributed by atoms with Crippen LogP contribution in [0.4, 0.5) is 5.13 Å². The van der Waals surface area contributed by atoms with E-state index < -0.39 is 0 Å². The molecule has 0 unspecified atom stereocenters. The summed E-state index contributed by atoms with van der Waals surface area (Å²) in [6.45, 7) is 1.44. The zero-order chi connectivity index (χ0) is 18.4. The molecule has 1 N–H and O–H groups in total. The lowest BCUT2D eigenvalue weighted by Gasteiger charge is -2.13. The molecule has 0 radical (unpaired) electrons. The number of thiazole rings is 1. The molecular formula is C20H21N3O2S. The van der Waals surface area contributed by atoms with E-state index >= 15 is 0 Å². The van der Waals surface area contributed by atoms with Crippen LogP contribution in [0.25, 0.3) is 11.3 Å². The van der Waals surface area contributed by atoms with Crippen molar-refractivity contribution in [3.05, 3.63) is 65.5 Å². The maximum absolute atomic E-state index is 12.3. The standard InChI is InChI=1S/C20H21N3O2S/c1-23(2)12-13-25-18-11-7-6-10-16(18)17-14-26-20(21-17)22-19(24)15-8-4-3-5-9-15/h3-11,14H,12-13H2,1-2H3,(H,21,22,24). The zero-order valence-corrected chi connectivity index (χ0v) is 15.6. The van der Waals surface area contributed by atoms with Gasteiger partial charge in [0.1, 0.15) is 12.4 Å². The summed E-state index contributed by atoms with van der Waals surface area (Å²) in [7, 11) is 4.02. The van der Waals surface area contributed by atoms with Gasteiger partial charge in [-0.2, -0.15) is 0 Å². The van der Waals surface area contributed by atoms with E-state index in [-0.39, 0.29) is 5.91 Å². The van der Waals surface area contributed by atoms with Crippen molar-refractivity contribution in [2.75, 3.05) is 32.6 Å². The number of nitrogens with zero attached hydrogens (tertiary/aromatic N) is 2. The van der Waals surface area contributed by atoms with Crippen molar-refractivity contribution in [2.45, 2.75) is 0 Å². The molecule has 6 heteroatoms. The van der Waals surface area contributed by atoms with Gasteiger partial charge in [-0.3, -0.25) is 10.1 Å². The third-order valence-corrected chi connectivity index (χ3v) is 4.48. The molecule has 134 valence electrons. The lowest BCUT2D eigenvalue weighted by Crippen LogP contribution is -2.19. The van der Waals surface area contributed by atoms with E-state index in [0.717, 1.165) is 23.6 Å².